The molecule has 1 rings (SSSR count). The van der Waals surface area contributed by atoms with Crippen LogP contribution in [0.3, 0.4) is 0 Å². The van der Waals surface area contributed by atoms with Gasteiger partial charge in [-0.3, -0.25) is 0 Å². The van der Waals surface area contributed by atoms with E-state index in [0.717, 1.165) is 0 Å². The van der Waals surface area contributed by atoms with Crippen LogP contribution in [-0.2, 0) is 52.2 Å². The van der Waals surface area contributed by atoms with Crippen LogP contribution in [0.4, 0.5) is 0 Å². The lowest BCUT2D eigenvalue weighted by atomic mass is 10.4. The normalized spacial score (nSPS) is 13.6. The van der Waals surface area contributed by atoms with Gasteiger partial charge in [-0.1, -0.05) is 30.3 Å². The molecule has 0 bridgehead atoms. The molecule has 12 nitrogen and oxygen atoms in total. The molecule has 0 aliphatic heterocycles. The van der Waals surface area contributed by atoms with Crippen LogP contribution in [0.2, 0.25) is 0 Å². The maximum absolute atomic E-state index is 6.34. The van der Waals surface area contributed by atoms with Gasteiger partial charge in [0.15, 0.2) is 0 Å². The first-order chi connectivity index (χ1) is 14.8. The van der Waals surface area contributed by atoms with E-state index in [2.05, 4.69) is 0 Å². The molecule has 0 saturated heterocycles. The molecule has 0 aliphatic rings. The molecular formula is C15H32O12Si4. The predicted molar refractivity (Wildman–Crippen MR) is 115 cm³/mol. The van der Waals surface area contributed by atoms with Gasteiger partial charge in [0.25, 0.3) is 0 Å². The van der Waals surface area contributed by atoms with Crippen LogP contribution in [0.15, 0.2) is 30.3 Å². The molecule has 0 fully saturated rings. The quantitative estimate of drug-likeness (QED) is 0.276. The van der Waals surface area contributed by atoms with Crippen molar-refractivity contribution in [2.24, 2.45) is 0 Å². The van der Waals surface area contributed by atoms with Crippen molar-refractivity contribution in [1.82, 2.24) is 0 Å². The molecule has 0 heterocycles. The molecule has 0 unspecified atom stereocenters. The highest BCUT2D eigenvalue weighted by atomic mass is 28.5. The largest absolute Gasteiger partial charge is 0.671 e. The molecule has 180 valence electrons. The van der Waals surface area contributed by atoms with E-state index >= 15 is 0 Å². The third kappa shape index (κ3) is 6.57. The molecule has 0 amide bonds. The SMILES string of the molecule is CO[Si](OC)(OC)O[Si](O[Si](OC)(OC)OC)(O[Si](OC)(OC)OC)c1ccccc1. The third-order valence-electron chi connectivity index (χ3n) is 4.16. The summed E-state index contributed by atoms with van der Waals surface area (Å²) in [6.07, 6.45) is 0. The summed E-state index contributed by atoms with van der Waals surface area (Å²) in [5, 5.41) is 0.476. The third-order valence-corrected chi connectivity index (χ3v) is 15.9. The van der Waals surface area contributed by atoms with E-state index in [4.69, 9.17) is 52.2 Å². The van der Waals surface area contributed by atoms with E-state index in [1.165, 1.54) is 64.0 Å². The van der Waals surface area contributed by atoms with Gasteiger partial charge in [0.2, 0.25) is 0 Å². The first-order valence-electron chi connectivity index (χ1n) is 8.90. The summed E-state index contributed by atoms with van der Waals surface area (Å²) in [4.78, 5) is 0. The van der Waals surface area contributed by atoms with E-state index in [9.17, 15) is 0 Å². The van der Waals surface area contributed by atoms with E-state index in [1.54, 1.807) is 24.3 Å². The average Bonchev–Trinajstić information content (AvgIpc) is 2.85. The van der Waals surface area contributed by atoms with E-state index in [-0.39, 0.29) is 0 Å². The molecule has 0 N–H and O–H groups in total. The molecule has 16 heteroatoms. The van der Waals surface area contributed by atoms with Gasteiger partial charge in [-0.2, -0.15) is 0 Å². The summed E-state index contributed by atoms with van der Waals surface area (Å²) in [5.41, 5.74) is 0. The molecule has 0 radical (unpaired) electrons. The summed E-state index contributed by atoms with van der Waals surface area (Å²) >= 11 is 0. The van der Waals surface area contributed by atoms with Crippen molar-refractivity contribution < 1.29 is 52.2 Å². The molecule has 0 aliphatic carbocycles. The number of hydrogen-bond acceptors (Lipinski definition) is 12. The lowest BCUT2D eigenvalue weighted by Gasteiger charge is -2.41. The van der Waals surface area contributed by atoms with E-state index in [1.807, 2.05) is 6.07 Å². The van der Waals surface area contributed by atoms with Gasteiger partial charge in [0.1, 0.15) is 0 Å². The van der Waals surface area contributed by atoms with Crippen molar-refractivity contribution in [2.45, 2.75) is 0 Å². The monoisotopic (exact) mass is 516 g/mol. The molecule has 1 aromatic rings. The van der Waals surface area contributed by atoms with Crippen molar-refractivity contribution >= 4 is 41.1 Å². The Morgan fingerprint density at radius 3 is 0.903 bits per heavy atom. The Morgan fingerprint density at radius 1 is 0.419 bits per heavy atom. The number of rotatable bonds is 16. The van der Waals surface area contributed by atoms with E-state index < -0.39 is 35.9 Å². The Kier molecular flexibility index (Phi) is 11.8. The molecule has 1 aromatic carbocycles. The fraction of sp³-hybridized carbons (Fsp3) is 0.600. The first kappa shape index (κ1) is 28.6. The van der Waals surface area contributed by atoms with Crippen LogP contribution in [0.5, 0.6) is 0 Å². The van der Waals surface area contributed by atoms with Gasteiger partial charge < -0.3 is 52.2 Å². The highest BCUT2D eigenvalue weighted by Gasteiger charge is 2.67. The summed E-state index contributed by atoms with van der Waals surface area (Å²) in [6.45, 7) is 0. The lowest BCUT2D eigenvalue weighted by Crippen LogP contribution is -2.73. The standard InChI is InChI=1S/C15H32O12Si4/c1-16-29(17-2,18-3)25-28(15-13-11-10-12-14-15,26-30(19-4,20-5)21-6)27-31(22-7,23-8)24-9/h10-14H,1-9H3. The molecule has 0 spiro atoms. The van der Waals surface area contributed by atoms with Crippen molar-refractivity contribution in [3.05, 3.63) is 30.3 Å². The predicted octanol–water partition coefficient (Wildman–Crippen LogP) is 0.00670. The average molecular weight is 517 g/mol. The fourth-order valence-corrected chi connectivity index (χ4v) is 14.6. The highest BCUT2D eigenvalue weighted by Crippen LogP contribution is 2.28. The smallest absolute Gasteiger partial charge is 0.355 e. The zero-order valence-corrected chi connectivity index (χ0v) is 23.3. The molecular weight excluding hydrogens is 484 g/mol. The Balaban J connectivity index is 3.82. The Labute approximate surface area is 187 Å². The van der Waals surface area contributed by atoms with Crippen molar-refractivity contribution in [3.63, 3.8) is 0 Å². The summed E-state index contributed by atoms with van der Waals surface area (Å²) in [5.74, 6) is 0. The topological polar surface area (TPSA) is 111 Å². The minimum Gasteiger partial charge on any atom is -0.355 e. The molecule has 31 heavy (non-hydrogen) atoms. The summed E-state index contributed by atoms with van der Waals surface area (Å²) < 4.78 is 68.3. The van der Waals surface area contributed by atoms with Crippen LogP contribution in [0, 0.1) is 0 Å². The van der Waals surface area contributed by atoms with Crippen molar-refractivity contribution in [1.29, 1.82) is 0 Å². The molecule has 0 aromatic heterocycles. The van der Waals surface area contributed by atoms with Gasteiger partial charge in [0.05, 0.1) is 0 Å². The van der Waals surface area contributed by atoms with Crippen LogP contribution < -0.4 is 5.19 Å². The Morgan fingerprint density at radius 2 is 0.677 bits per heavy atom. The highest BCUT2D eigenvalue weighted by molar-refractivity contribution is 6.90. The van der Waals surface area contributed by atoms with Gasteiger partial charge in [-0.05, 0) is 0 Å². The second kappa shape index (κ2) is 12.7. The van der Waals surface area contributed by atoms with Gasteiger partial charge in [0, 0.05) is 69.2 Å². The van der Waals surface area contributed by atoms with Crippen LogP contribution in [0.25, 0.3) is 0 Å². The van der Waals surface area contributed by atoms with Crippen molar-refractivity contribution in [3.8, 4) is 0 Å². The first-order valence-corrected chi connectivity index (χ1v) is 15.5. The lowest BCUT2D eigenvalue weighted by molar-refractivity contribution is -0.0206. The molecule has 0 saturated carbocycles. The van der Waals surface area contributed by atoms with Crippen LogP contribution in [0.1, 0.15) is 0 Å². The number of benzene rings is 1. The summed E-state index contributed by atoms with van der Waals surface area (Å²) in [6, 6.07) is 8.82. The zero-order chi connectivity index (χ0) is 23.6. The van der Waals surface area contributed by atoms with Crippen LogP contribution in [-0.4, -0.2) is 99.9 Å². The van der Waals surface area contributed by atoms with Crippen LogP contribution >= 0.6 is 0 Å². The second-order valence-corrected chi connectivity index (χ2v) is 16.4. The van der Waals surface area contributed by atoms with Gasteiger partial charge in [-0.25, -0.2) is 0 Å². The maximum atomic E-state index is 6.34. The minimum atomic E-state index is -4.21. The minimum absolute atomic E-state index is 0.476. The Bertz CT molecular complexity index is 548. The van der Waals surface area contributed by atoms with Crippen molar-refractivity contribution in [2.75, 3.05) is 64.0 Å². The Hall–Kier alpha value is -0.392. The maximum Gasteiger partial charge on any atom is 0.671 e. The van der Waals surface area contributed by atoms with Gasteiger partial charge >= 0.3 is 35.9 Å². The second-order valence-electron chi connectivity index (χ2n) is 5.57. The number of hydrogen-bond donors (Lipinski definition) is 0. The zero-order valence-electron chi connectivity index (χ0n) is 19.3. The summed E-state index contributed by atoms with van der Waals surface area (Å²) in [7, 11) is -3.16. The molecule has 0 atom stereocenters. The van der Waals surface area contributed by atoms with Gasteiger partial charge in [-0.15, -0.1) is 0 Å². The fourth-order valence-electron chi connectivity index (χ4n) is 2.50. The van der Waals surface area contributed by atoms with E-state index in [0.29, 0.717) is 5.19 Å².